The molecular weight excluding hydrogens is 248 g/mol. The SMILES string of the molecule is C=C(C#N)C1(OC(=O)O)C(=O)N(C)c2ccccc21. The maximum absolute atomic E-state index is 12.3. The molecule has 1 aliphatic heterocycles. The van der Waals surface area contributed by atoms with E-state index in [9.17, 15) is 9.59 Å². The Hall–Kier alpha value is -2.81. The number of carbonyl (C=O) groups is 2. The summed E-state index contributed by atoms with van der Waals surface area (Å²) in [6, 6.07) is 8.24. The normalized spacial score (nSPS) is 20.6. The van der Waals surface area contributed by atoms with Gasteiger partial charge in [0.25, 0.3) is 11.5 Å². The van der Waals surface area contributed by atoms with Gasteiger partial charge < -0.3 is 14.7 Å². The first-order valence-electron chi connectivity index (χ1n) is 5.34. The van der Waals surface area contributed by atoms with Crippen molar-refractivity contribution in [1.29, 1.82) is 5.26 Å². The third kappa shape index (κ3) is 1.56. The van der Waals surface area contributed by atoms with Gasteiger partial charge in [0.05, 0.1) is 17.3 Å². The fourth-order valence-electron chi connectivity index (χ4n) is 2.19. The van der Waals surface area contributed by atoms with Crippen LogP contribution in [0.4, 0.5) is 10.5 Å². The first kappa shape index (κ1) is 12.6. The number of anilines is 1. The van der Waals surface area contributed by atoms with Crippen molar-refractivity contribution in [3.63, 3.8) is 0 Å². The molecule has 0 saturated carbocycles. The number of nitriles is 1. The number of likely N-dealkylation sites (N-methyl/N-ethyl adjacent to an activating group) is 1. The Morgan fingerprint density at radius 2 is 2.16 bits per heavy atom. The van der Waals surface area contributed by atoms with E-state index in [1.54, 1.807) is 30.3 Å². The van der Waals surface area contributed by atoms with Crippen molar-refractivity contribution in [2.75, 3.05) is 11.9 Å². The van der Waals surface area contributed by atoms with Gasteiger partial charge in [-0.2, -0.15) is 5.26 Å². The average Bonchev–Trinajstić information content (AvgIpc) is 2.61. The summed E-state index contributed by atoms with van der Waals surface area (Å²) in [5.41, 5.74) is -1.45. The largest absolute Gasteiger partial charge is 0.507 e. The van der Waals surface area contributed by atoms with Crippen molar-refractivity contribution in [1.82, 2.24) is 0 Å². The van der Waals surface area contributed by atoms with Gasteiger partial charge in [-0.1, -0.05) is 24.8 Å². The smallest absolute Gasteiger partial charge is 0.450 e. The molecule has 96 valence electrons. The van der Waals surface area contributed by atoms with E-state index in [1.165, 1.54) is 11.9 Å². The summed E-state index contributed by atoms with van der Waals surface area (Å²) in [6.45, 7) is 3.47. The number of carboxylic acid groups (broad SMARTS) is 1. The molecular formula is C13H10N2O4. The Bertz CT molecular complexity index is 632. The Morgan fingerprint density at radius 3 is 2.74 bits per heavy atom. The molecule has 0 radical (unpaired) electrons. The molecule has 1 amide bonds. The topological polar surface area (TPSA) is 90.6 Å². The number of nitrogens with zero attached hydrogens (tertiary/aromatic N) is 2. The summed E-state index contributed by atoms with van der Waals surface area (Å²) in [7, 11) is 1.48. The van der Waals surface area contributed by atoms with E-state index in [4.69, 9.17) is 15.1 Å². The summed E-state index contributed by atoms with van der Waals surface area (Å²) in [5.74, 6) is -0.650. The highest BCUT2D eigenvalue weighted by atomic mass is 16.7. The minimum atomic E-state index is -1.98. The number of benzene rings is 1. The molecule has 0 bridgehead atoms. The molecule has 0 fully saturated rings. The lowest BCUT2D eigenvalue weighted by molar-refractivity contribution is -0.133. The van der Waals surface area contributed by atoms with Crippen molar-refractivity contribution in [2.24, 2.45) is 0 Å². The fourth-order valence-corrected chi connectivity index (χ4v) is 2.19. The lowest BCUT2D eigenvalue weighted by Crippen LogP contribution is -2.43. The number of para-hydroxylation sites is 1. The second-order valence-electron chi connectivity index (χ2n) is 4.02. The molecule has 19 heavy (non-hydrogen) atoms. The minimum absolute atomic E-state index is 0.267. The molecule has 0 aromatic heterocycles. The highest BCUT2D eigenvalue weighted by Gasteiger charge is 2.55. The number of hydrogen-bond donors (Lipinski definition) is 1. The van der Waals surface area contributed by atoms with E-state index in [2.05, 4.69) is 6.58 Å². The van der Waals surface area contributed by atoms with Gasteiger partial charge in [-0.3, -0.25) is 4.79 Å². The van der Waals surface area contributed by atoms with Crippen molar-refractivity contribution >= 4 is 17.7 Å². The van der Waals surface area contributed by atoms with Gasteiger partial charge in [0.2, 0.25) is 0 Å². The second kappa shape index (κ2) is 4.14. The molecule has 0 saturated heterocycles. The standard InChI is InChI=1S/C13H10N2O4/c1-8(7-14)13(19-12(17)18)9-5-3-4-6-10(9)15(2)11(13)16/h3-6H,1H2,2H3,(H,17,18). The van der Waals surface area contributed by atoms with E-state index in [0.717, 1.165) is 0 Å². The molecule has 1 heterocycles. The summed E-state index contributed by atoms with van der Waals surface area (Å²) in [4.78, 5) is 24.5. The fraction of sp³-hybridized carbons (Fsp3) is 0.154. The molecule has 1 atom stereocenters. The van der Waals surface area contributed by atoms with E-state index < -0.39 is 17.7 Å². The molecule has 1 N–H and O–H groups in total. The number of fused-ring (bicyclic) bond motifs is 1. The minimum Gasteiger partial charge on any atom is -0.450 e. The average molecular weight is 258 g/mol. The Balaban J connectivity index is 2.74. The van der Waals surface area contributed by atoms with Crippen LogP contribution < -0.4 is 4.90 Å². The third-order valence-electron chi connectivity index (χ3n) is 3.05. The van der Waals surface area contributed by atoms with Gasteiger partial charge in [-0.05, 0) is 6.07 Å². The predicted molar refractivity (Wildman–Crippen MR) is 65.4 cm³/mol. The van der Waals surface area contributed by atoms with Gasteiger partial charge >= 0.3 is 6.16 Å². The molecule has 2 rings (SSSR count). The zero-order valence-electron chi connectivity index (χ0n) is 10.1. The second-order valence-corrected chi connectivity index (χ2v) is 4.02. The Morgan fingerprint density at radius 1 is 1.53 bits per heavy atom. The molecule has 0 spiro atoms. The number of hydrogen-bond acceptors (Lipinski definition) is 4. The first-order chi connectivity index (χ1) is 8.95. The molecule has 1 unspecified atom stereocenters. The van der Waals surface area contributed by atoms with Gasteiger partial charge in [0.15, 0.2) is 0 Å². The van der Waals surface area contributed by atoms with Gasteiger partial charge in [-0.15, -0.1) is 0 Å². The molecule has 1 aromatic carbocycles. The predicted octanol–water partition coefficient (Wildman–Crippen LogP) is 1.63. The quantitative estimate of drug-likeness (QED) is 0.643. The third-order valence-corrected chi connectivity index (χ3v) is 3.05. The van der Waals surface area contributed by atoms with Gasteiger partial charge in [0, 0.05) is 12.6 Å². The van der Waals surface area contributed by atoms with Gasteiger partial charge in [-0.25, -0.2) is 4.79 Å². The van der Waals surface area contributed by atoms with Gasteiger partial charge in [0.1, 0.15) is 0 Å². The van der Waals surface area contributed by atoms with Crippen LogP contribution in [-0.2, 0) is 15.1 Å². The van der Waals surface area contributed by atoms with E-state index >= 15 is 0 Å². The van der Waals surface area contributed by atoms with E-state index in [0.29, 0.717) is 11.3 Å². The van der Waals surface area contributed by atoms with Crippen LogP contribution in [0.1, 0.15) is 5.56 Å². The molecule has 1 aliphatic rings. The van der Waals surface area contributed by atoms with Crippen LogP contribution in [0.15, 0.2) is 36.4 Å². The monoisotopic (exact) mass is 258 g/mol. The van der Waals surface area contributed by atoms with Crippen LogP contribution in [0.25, 0.3) is 0 Å². The summed E-state index contributed by atoms with van der Waals surface area (Å²) in [6.07, 6.45) is -1.64. The molecule has 6 heteroatoms. The molecule has 0 aliphatic carbocycles. The summed E-state index contributed by atoms with van der Waals surface area (Å²) >= 11 is 0. The number of amides is 1. The van der Waals surface area contributed by atoms with Crippen molar-refractivity contribution in [2.45, 2.75) is 5.60 Å². The number of carbonyl (C=O) groups excluding carboxylic acids is 1. The molecule has 1 aromatic rings. The number of rotatable bonds is 2. The highest BCUT2D eigenvalue weighted by molar-refractivity contribution is 6.10. The summed E-state index contributed by atoms with van der Waals surface area (Å²) < 4.78 is 4.76. The lowest BCUT2D eigenvalue weighted by atomic mass is 9.88. The first-order valence-corrected chi connectivity index (χ1v) is 5.34. The summed E-state index contributed by atoms with van der Waals surface area (Å²) in [5, 5.41) is 17.9. The van der Waals surface area contributed by atoms with E-state index in [-0.39, 0.29) is 5.57 Å². The lowest BCUT2D eigenvalue weighted by Gasteiger charge is -2.25. The Kier molecular flexibility index (Phi) is 2.75. The van der Waals surface area contributed by atoms with Crippen molar-refractivity contribution in [3.8, 4) is 6.07 Å². The van der Waals surface area contributed by atoms with Crippen LogP contribution in [0.2, 0.25) is 0 Å². The highest BCUT2D eigenvalue weighted by Crippen LogP contribution is 2.45. The van der Waals surface area contributed by atoms with Crippen LogP contribution in [0, 0.1) is 11.3 Å². The van der Waals surface area contributed by atoms with Crippen LogP contribution >= 0.6 is 0 Å². The van der Waals surface area contributed by atoms with E-state index in [1.807, 2.05) is 0 Å². The zero-order valence-corrected chi connectivity index (χ0v) is 10.1. The van der Waals surface area contributed by atoms with Crippen molar-refractivity contribution < 1.29 is 19.4 Å². The maximum Gasteiger partial charge on any atom is 0.507 e. The van der Waals surface area contributed by atoms with Crippen LogP contribution in [0.3, 0.4) is 0 Å². The molecule has 6 nitrogen and oxygen atoms in total. The zero-order chi connectivity index (χ0) is 14.2. The maximum atomic E-state index is 12.3. The Labute approximate surface area is 109 Å². The van der Waals surface area contributed by atoms with Crippen molar-refractivity contribution in [3.05, 3.63) is 42.0 Å². The number of ether oxygens (including phenoxy) is 1. The van der Waals surface area contributed by atoms with Crippen LogP contribution in [0.5, 0.6) is 0 Å². The van der Waals surface area contributed by atoms with Crippen LogP contribution in [-0.4, -0.2) is 24.2 Å².